The second kappa shape index (κ2) is 9.14. The Kier molecular flexibility index (Phi) is 6.37. The lowest BCUT2D eigenvalue weighted by Gasteiger charge is -2.44. The molecule has 4 rings (SSSR count). The number of morpholine rings is 1. The monoisotopic (exact) mass is 387 g/mol. The molecule has 0 bridgehead atoms. The highest BCUT2D eigenvalue weighted by molar-refractivity contribution is 5.78. The Morgan fingerprint density at radius 1 is 1.04 bits per heavy atom. The standard InChI is InChI=1S/C22H33N3O3/c26-21-17-28-22(18-23-21)9-14-25(15-10-22)19-5-7-20(8-6-19)27-16-4-13-24-11-2-1-3-12-24/h5-8H,1-4,9-18H2,(H,23,26). The number of hydrogen-bond acceptors (Lipinski definition) is 5. The number of benzene rings is 1. The van der Waals surface area contributed by atoms with E-state index in [0.717, 1.165) is 51.3 Å². The summed E-state index contributed by atoms with van der Waals surface area (Å²) in [5, 5.41) is 2.95. The Morgan fingerprint density at radius 2 is 1.79 bits per heavy atom. The lowest BCUT2D eigenvalue weighted by molar-refractivity contribution is -0.146. The molecule has 154 valence electrons. The zero-order valence-corrected chi connectivity index (χ0v) is 16.8. The SMILES string of the molecule is O=C1COC2(CCN(c3ccc(OCCCN4CCCCC4)cc3)CC2)CN1. The van der Waals surface area contributed by atoms with E-state index >= 15 is 0 Å². The molecule has 0 radical (unpaired) electrons. The summed E-state index contributed by atoms with van der Waals surface area (Å²) in [6, 6.07) is 8.47. The normalized spacial score (nSPS) is 22.9. The number of carbonyl (C=O) groups is 1. The number of amides is 1. The van der Waals surface area contributed by atoms with Crippen LogP contribution in [0.3, 0.4) is 0 Å². The van der Waals surface area contributed by atoms with E-state index in [1.165, 1.54) is 38.0 Å². The predicted molar refractivity (Wildman–Crippen MR) is 110 cm³/mol. The first-order chi connectivity index (χ1) is 13.7. The summed E-state index contributed by atoms with van der Waals surface area (Å²) in [6.07, 6.45) is 7.07. The van der Waals surface area contributed by atoms with Crippen LogP contribution < -0.4 is 15.0 Å². The lowest BCUT2D eigenvalue weighted by Crippen LogP contribution is -2.57. The Labute approximate surface area is 168 Å². The third kappa shape index (κ3) is 4.97. The van der Waals surface area contributed by atoms with Gasteiger partial charge in [-0.05, 0) is 69.5 Å². The van der Waals surface area contributed by atoms with Gasteiger partial charge in [-0.1, -0.05) is 6.42 Å². The summed E-state index contributed by atoms with van der Waals surface area (Å²) in [5.74, 6) is 0.953. The molecular formula is C22H33N3O3. The highest BCUT2D eigenvalue weighted by Crippen LogP contribution is 2.31. The van der Waals surface area contributed by atoms with E-state index < -0.39 is 0 Å². The predicted octanol–water partition coefficient (Wildman–Crippen LogP) is 2.43. The molecule has 6 heteroatoms. The van der Waals surface area contributed by atoms with E-state index in [4.69, 9.17) is 9.47 Å². The maximum Gasteiger partial charge on any atom is 0.246 e. The summed E-state index contributed by atoms with van der Waals surface area (Å²) in [6.45, 7) is 7.18. The fourth-order valence-corrected chi connectivity index (χ4v) is 4.49. The fraction of sp³-hybridized carbons (Fsp3) is 0.682. The van der Waals surface area contributed by atoms with Crippen LogP contribution in [0.25, 0.3) is 0 Å². The highest BCUT2D eigenvalue weighted by atomic mass is 16.5. The Morgan fingerprint density at radius 3 is 2.46 bits per heavy atom. The van der Waals surface area contributed by atoms with Crippen molar-refractivity contribution in [3.63, 3.8) is 0 Å². The van der Waals surface area contributed by atoms with E-state index in [2.05, 4.69) is 39.4 Å². The Balaban J connectivity index is 1.19. The van der Waals surface area contributed by atoms with E-state index in [9.17, 15) is 4.79 Å². The quantitative estimate of drug-likeness (QED) is 0.760. The molecule has 0 aliphatic carbocycles. The minimum absolute atomic E-state index is 0.000397. The van der Waals surface area contributed by atoms with Gasteiger partial charge in [0.05, 0.1) is 12.2 Å². The van der Waals surface area contributed by atoms with E-state index in [1.807, 2.05) is 0 Å². The summed E-state index contributed by atoms with van der Waals surface area (Å²) in [5.41, 5.74) is 1.07. The van der Waals surface area contributed by atoms with Crippen LogP contribution in [0.15, 0.2) is 24.3 Å². The Bertz CT molecular complexity index is 623. The van der Waals surface area contributed by atoms with Gasteiger partial charge in [0.15, 0.2) is 0 Å². The summed E-state index contributed by atoms with van der Waals surface area (Å²) < 4.78 is 11.8. The average molecular weight is 388 g/mol. The van der Waals surface area contributed by atoms with E-state index in [1.54, 1.807) is 0 Å². The molecule has 6 nitrogen and oxygen atoms in total. The first kappa shape index (κ1) is 19.5. The minimum Gasteiger partial charge on any atom is -0.494 e. The number of hydrogen-bond donors (Lipinski definition) is 1. The van der Waals surface area contributed by atoms with E-state index in [0.29, 0.717) is 6.54 Å². The van der Waals surface area contributed by atoms with Crippen LogP contribution in [0.1, 0.15) is 38.5 Å². The molecule has 3 heterocycles. The molecule has 3 aliphatic rings. The van der Waals surface area contributed by atoms with Crippen LogP contribution in [-0.4, -0.2) is 68.9 Å². The smallest absolute Gasteiger partial charge is 0.246 e. The first-order valence-electron chi connectivity index (χ1n) is 10.8. The van der Waals surface area contributed by atoms with Gasteiger partial charge in [0.1, 0.15) is 12.4 Å². The molecule has 1 N–H and O–H groups in total. The van der Waals surface area contributed by atoms with Crippen molar-refractivity contribution in [1.82, 2.24) is 10.2 Å². The maximum absolute atomic E-state index is 11.3. The van der Waals surface area contributed by atoms with Crippen molar-refractivity contribution in [1.29, 1.82) is 0 Å². The van der Waals surface area contributed by atoms with Crippen molar-refractivity contribution in [3.05, 3.63) is 24.3 Å². The molecular weight excluding hydrogens is 354 g/mol. The van der Waals surface area contributed by atoms with Crippen molar-refractivity contribution in [2.24, 2.45) is 0 Å². The first-order valence-corrected chi connectivity index (χ1v) is 10.8. The summed E-state index contributed by atoms with van der Waals surface area (Å²) in [7, 11) is 0. The third-order valence-electron chi connectivity index (χ3n) is 6.33. The molecule has 3 saturated heterocycles. The molecule has 1 amide bonds. The number of nitrogens with zero attached hydrogens (tertiary/aromatic N) is 2. The van der Waals surface area contributed by atoms with Crippen LogP contribution in [0.4, 0.5) is 5.69 Å². The number of ether oxygens (including phenoxy) is 2. The number of nitrogens with one attached hydrogen (secondary N) is 1. The molecule has 1 aromatic carbocycles. The minimum atomic E-state index is -0.165. The van der Waals surface area contributed by atoms with Gasteiger partial charge in [-0.15, -0.1) is 0 Å². The second-order valence-corrected chi connectivity index (χ2v) is 8.33. The van der Waals surface area contributed by atoms with Crippen molar-refractivity contribution in [2.75, 3.05) is 57.4 Å². The molecule has 1 aromatic rings. The van der Waals surface area contributed by atoms with Gasteiger partial charge < -0.3 is 24.6 Å². The topological polar surface area (TPSA) is 54.0 Å². The van der Waals surface area contributed by atoms with Gasteiger partial charge in [-0.2, -0.15) is 0 Å². The number of piperidine rings is 2. The Hall–Kier alpha value is -1.79. The highest BCUT2D eigenvalue weighted by Gasteiger charge is 2.38. The van der Waals surface area contributed by atoms with Gasteiger partial charge in [0.2, 0.25) is 5.91 Å². The van der Waals surface area contributed by atoms with Crippen LogP contribution >= 0.6 is 0 Å². The van der Waals surface area contributed by atoms with E-state index in [-0.39, 0.29) is 18.1 Å². The fourth-order valence-electron chi connectivity index (χ4n) is 4.49. The van der Waals surface area contributed by atoms with Crippen LogP contribution in [0.5, 0.6) is 5.75 Å². The molecule has 1 spiro atoms. The molecule has 0 aromatic heterocycles. The van der Waals surface area contributed by atoms with Gasteiger partial charge in [0.25, 0.3) is 0 Å². The number of carbonyl (C=O) groups excluding carboxylic acids is 1. The molecule has 0 unspecified atom stereocenters. The summed E-state index contributed by atoms with van der Waals surface area (Å²) in [4.78, 5) is 16.3. The van der Waals surface area contributed by atoms with Crippen LogP contribution in [0, 0.1) is 0 Å². The zero-order valence-electron chi connectivity index (χ0n) is 16.8. The summed E-state index contributed by atoms with van der Waals surface area (Å²) >= 11 is 0. The number of likely N-dealkylation sites (tertiary alicyclic amines) is 1. The van der Waals surface area contributed by atoms with Crippen molar-refractivity contribution >= 4 is 11.6 Å². The van der Waals surface area contributed by atoms with Crippen molar-refractivity contribution in [3.8, 4) is 5.75 Å². The van der Waals surface area contributed by atoms with Gasteiger partial charge >= 0.3 is 0 Å². The molecule has 28 heavy (non-hydrogen) atoms. The maximum atomic E-state index is 11.3. The number of anilines is 1. The largest absolute Gasteiger partial charge is 0.494 e. The van der Waals surface area contributed by atoms with Crippen LogP contribution in [-0.2, 0) is 9.53 Å². The second-order valence-electron chi connectivity index (χ2n) is 8.33. The lowest BCUT2D eigenvalue weighted by atomic mass is 9.89. The molecule has 0 saturated carbocycles. The molecule has 0 atom stereocenters. The third-order valence-corrected chi connectivity index (χ3v) is 6.33. The van der Waals surface area contributed by atoms with Crippen molar-refractivity contribution < 1.29 is 14.3 Å². The molecule has 3 fully saturated rings. The average Bonchev–Trinajstić information content (AvgIpc) is 2.75. The van der Waals surface area contributed by atoms with Crippen LogP contribution in [0.2, 0.25) is 0 Å². The van der Waals surface area contributed by atoms with Gasteiger partial charge in [-0.3, -0.25) is 4.79 Å². The van der Waals surface area contributed by atoms with Gasteiger partial charge in [0, 0.05) is 31.9 Å². The zero-order chi connectivity index (χ0) is 19.2. The van der Waals surface area contributed by atoms with Gasteiger partial charge in [-0.25, -0.2) is 0 Å². The molecule has 3 aliphatic heterocycles. The number of rotatable bonds is 6. The van der Waals surface area contributed by atoms with Crippen molar-refractivity contribution in [2.45, 2.75) is 44.1 Å².